The minimum Gasteiger partial charge on any atom is -0.504 e. The third-order valence-corrected chi connectivity index (χ3v) is 4.06. The highest BCUT2D eigenvalue weighted by Gasteiger charge is 2.29. The number of phenolic OH excluding ortho intramolecular Hbond substituents is 2. The van der Waals surface area contributed by atoms with Crippen LogP contribution in [0.4, 0.5) is 0 Å². The Bertz CT molecular complexity index is 660. The van der Waals surface area contributed by atoms with E-state index in [9.17, 15) is 10.2 Å². The van der Waals surface area contributed by atoms with Gasteiger partial charge in [0, 0.05) is 18.5 Å². The summed E-state index contributed by atoms with van der Waals surface area (Å²) in [7, 11) is 0. The quantitative estimate of drug-likeness (QED) is 0.737. The molecular formula is C18H21NO4. The molecule has 2 atom stereocenters. The summed E-state index contributed by atoms with van der Waals surface area (Å²) in [5.41, 5.74) is 8.40. The third-order valence-electron chi connectivity index (χ3n) is 4.06. The van der Waals surface area contributed by atoms with E-state index in [1.54, 1.807) is 6.07 Å². The van der Waals surface area contributed by atoms with Crippen molar-refractivity contribution in [2.75, 3.05) is 13.2 Å². The maximum atomic E-state index is 10.1. The fraction of sp³-hybridized carbons (Fsp3) is 0.333. The van der Waals surface area contributed by atoms with Crippen molar-refractivity contribution in [1.29, 1.82) is 0 Å². The van der Waals surface area contributed by atoms with E-state index in [2.05, 4.69) is 0 Å². The molecule has 0 saturated carbocycles. The molecular weight excluding hydrogens is 294 g/mol. The van der Waals surface area contributed by atoms with Gasteiger partial charge in [0.25, 0.3) is 0 Å². The Morgan fingerprint density at radius 1 is 1.13 bits per heavy atom. The lowest BCUT2D eigenvalue weighted by Crippen LogP contribution is -2.33. The van der Waals surface area contributed by atoms with Crippen LogP contribution in [-0.4, -0.2) is 29.5 Å². The molecule has 23 heavy (non-hydrogen) atoms. The molecule has 2 aromatic rings. The zero-order chi connectivity index (χ0) is 16.2. The highest BCUT2D eigenvalue weighted by Crippen LogP contribution is 2.39. The van der Waals surface area contributed by atoms with Crippen molar-refractivity contribution in [2.45, 2.75) is 25.2 Å². The Hall–Kier alpha value is -2.08. The van der Waals surface area contributed by atoms with Gasteiger partial charge in [-0.1, -0.05) is 36.4 Å². The van der Waals surface area contributed by atoms with Crippen LogP contribution in [-0.2, 0) is 22.5 Å². The SMILES string of the molecule is NCC1OC(COCc2ccccc2)Cc2c1ccc(O)c2O. The Morgan fingerprint density at radius 2 is 1.91 bits per heavy atom. The van der Waals surface area contributed by atoms with Gasteiger partial charge in [0.15, 0.2) is 11.5 Å². The fourth-order valence-corrected chi connectivity index (χ4v) is 2.90. The number of fused-ring (bicyclic) bond motifs is 1. The predicted molar refractivity (Wildman–Crippen MR) is 86.2 cm³/mol. The number of aromatic hydroxyl groups is 2. The zero-order valence-corrected chi connectivity index (χ0v) is 12.8. The molecule has 0 radical (unpaired) electrons. The van der Waals surface area contributed by atoms with Gasteiger partial charge < -0.3 is 25.4 Å². The average Bonchev–Trinajstić information content (AvgIpc) is 2.59. The van der Waals surface area contributed by atoms with Crippen LogP contribution < -0.4 is 5.73 Å². The third kappa shape index (κ3) is 3.47. The van der Waals surface area contributed by atoms with Gasteiger partial charge in [-0.2, -0.15) is 0 Å². The van der Waals surface area contributed by atoms with Gasteiger partial charge in [-0.25, -0.2) is 0 Å². The summed E-state index contributed by atoms with van der Waals surface area (Å²) >= 11 is 0. The smallest absolute Gasteiger partial charge is 0.161 e. The lowest BCUT2D eigenvalue weighted by Gasteiger charge is -2.32. The zero-order valence-electron chi connectivity index (χ0n) is 12.8. The average molecular weight is 315 g/mol. The first-order valence-corrected chi connectivity index (χ1v) is 7.70. The minimum absolute atomic E-state index is 0.0858. The first-order valence-electron chi connectivity index (χ1n) is 7.70. The largest absolute Gasteiger partial charge is 0.504 e. The molecule has 0 bridgehead atoms. The van der Waals surface area contributed by atoms with Crippen LogP contribution in [0.15, 0.2) is 42.5 Å². The molecule has 2 aromatic carbocycles. The first-order chi connectivity index (χ1) is 11.2. The molecule has 4 N–H and O–H groups in total. The summed E-state index contributed by atoms with van der Waals surface area (Å²) in [4.78, 5) is 0. The van der Waals surface area contributed by atoms with Crippen LogP contribution in [0, 0.1) is 0 Å². The maximum Gasteiger partial charge on any atom is 0.161 e. The standard InChI is InChI=1S/C18H21NO4/c19-9-17-14-6-7-16(20)18(21)15(14)8-13(23-17)11-22-10-12-4-2-1-3-5-12/h1-7,13,17,20-21H,8-11,19H2. The predicted octanol–water partition coefficient (Wildman–Crippen LogP) is 2.26. The summed E-state index contributed by atoms with van der Waals surface area (Å²) in [5.74, 6) is -0.206. The van der Waals surface area contributed by atoms with E-state index in [1.165, 1.54) is 6.07 Å². The van der Waals surface area contributed by atoms with E-state index in [-0.39, 0.29) is 23.7 Å². The van der Waals surface area contributed by atoms with E-state index in [0.717, 1.165) is 11.1 Å². The number of phenols is 2. The number of hydrogen-bond acceptors (Lipinski definition) is 5. The Labute approximate surface area is 135 Å². The molecule has 1 heterocycles. The van der Waals surface area contributed by atoms with Gasteiger partial charge in [-0.3, -0.25) is 0 Å². The van der Waals surface area contributed by atoms with E-state index >= 15 is 0 Å². The van der Waals surface area contributed by atoms with Crippen molar-refractivity contribution < 1.29 is 19.7 Å². The minimum atomic E-state index is -0.296. The second kappa shape index (κ2) is 7.00. The molecule has 0 spiro atoms. The number of rotatable bonds is 5. The van der Waals surface area contributed by atoms with Gasteiger partial charge in [-0.15, -0.1) is 0 Å². The number of ether oxygens (including phenoxy) is 2. The topological polar surface area (TPSA) is 84.9 Å². The van der Waals surface area contributed by atoms with Crippen LogP contribution in [0.3, 0.4) is 0 Å². The van der Waals surface area contributed by atoms with Gasteiger partial charge in [-0.05, 0) is 17.2 Å². The summed E-state index contributed by atoms with van der Waals surface area (Å²) in [6.07, 6.45) is -0.0102. The second-order valence-corrected chi connectivity index (χ2v) is 5.69. The molecule has 0 aliphatic carbocycles. The van der Waals surface area contributed by atoms with Gasteiger partial charge >= 0.3 is 0 Å². The molecule has 5 nitrogen and oxygen atoms in total. The number of hydrogen-bond donors (Lipinski definition) is 3. The molecule has 0 saturated heterocycles. The molecule has 1 aliphatic heterocycles. The monoisotopic (exact) mass is 315 g/mol. The van der Waals surface area contributed by atoms with Crippen molar-refractivity contribution >= 4 is 0 Å². The van der Waals surface area contributed by atoms with E-state index in [0.29, 0.717) is 31.7 Å². The Morgan fingerprint density at radius 3 is 2.65 bits per heavy atom. The molecule has 1 aliphatic rings. The molecule has 0 aromatic heterocycles. The second-order valence-electron chi connectivity index (χ2n) is 5.69. The van der Waals surface area contributed by atoms with Crippen LogP contribution >= 0.6 is 0 Å². The van der Waals surface area contributed by atoms with Crippen LogP contribution in [0.25, 0.3) is 0 Å². The summed E-state index contributed by atoms with van der Waals surface area (Å²) < 4.78 is 11.7. The highest BCUT2D eigenvalue weighted by atomic mass is 16.5. The van der Waals surface area contributed by atoms with Crippen LogP contribution in [0.2, 0.25) is 0 Å². The van der Waals surface area contributed by atoms with E-state index < -0.39 is 0 Å². The molecule has 5 heteroatoms. The van der Waals surface area contributed by atoms with Crippen molar-refractivity contribution in [3.8, 4) is 11.5 Å². The first kappa shape index (κ1) is 15.8. The summed E-state index contributed by atoms with van der Waals surface area (Å²) in [6.45, 7) is 1.22. The van der Waals surface area contributed by atoms with Crippen molar-refractivity contribution in [1.82, 2.24) is 0 Å². The fourth-order valence-electron chi connectivity index (χ4n) is 2.90. The van der Waals surface area contributed by atoms with E-state index in [1.807, 2.05) is 30.3 Å². The van der Waals surface area contributed by atoms with E-state index in [4.69, 9.17) is 15.2 Å². The van der Waals surface area contributed by atoms with Crippen molar-refractivity contribution in [3.05, 3.63) is 59.2 Å². The highest BCUT2D eigenvalue weighted by molar-refractivity contribution is 5.51. The lowest BCUT2D eigenvalue weighted by molar-refractivity contribution is -0.0679. The lowest BCUT2D eigenvalue weighted by atomic mass is 9.93. The summed E-state index contributed by atoms with van der Waals surface area (Å²) in [5, 5.41) is 19.8. The maximum absolute atomic E-state index is 10.1. The molecule has 3 rings (SSSR count). The molecule has 122 valence electrons. The number of nitrogens with two attached hydrogens (primary N) is 1. The van der Waals surface area contributed by atoms with Gasteiger partial charge in [0.05, 0.1) is 25.4 Å². The molecule has 2 unspecified atom stereocenters. The summed E-state index contributed by atoms with van der Waals surface area (Å²) in [6, 6.07) is 13.1. The van der Waals surface area contributed by atoms with Crippen molar-refractivity contribution in [3.63, 3.8) is 0 Å². The molecule has 0 fully saturated rings. The van der Waals surface area contributed by atoms with Crippen LogP contribution in [0.5, 0.6) is 11.5 Å². The number of benzene rings is 2. The van der Waals surface area contributed by atoms with Crippen LogP contribution in [0.1, 0.15) is 22.8 Å². The Balaban J connectivity index is 1.67. The Kier molecular flexibility index (Phi) is 4.81. The normalized spacial score (nSPS) is 20.2. The van der Waals surface area contributed by atoms with Gasteiger partial charge in [0.2, 0.25) is 0 Å². The molecule has 0 amide bonds. The van der Waals surface area contributed by atoms with Crippen molar-refractivity contribution in [2.24, 2.45) is 5.73 Å². The van der Waals surface area contributed by atoms with Gasteiger partial charge in [0.1, 0.15) is 0 Å².